The molecule has 3 rings (SSSR count). The minimum Gasteiger partial charge on any atom is -0.293 e. The van der Waals surface area contributed by atoms with Gasteiger partial charge in [0.25, 0.3) is 0 Å². The molecule has 0 unspecified atom stereocenters. The van der Waals surface area contributed by atoms with Crippen LogP contribution in [0.1, 0.15) is 48.0 Å². The van der Waals surface area contributed by atoms with Gasteiger partial charge in [0.15, 0.2) is 5.78 Å². The highest BCUT2D eigenvalue weighted by molar-refractivity contribution is 7.89. The van der Waals surface area contributed by atoms with E-state index in [1.54, 1.807) is 13.0 Å². The Kier molecular flexibility index (Phi) is 6.62. The molecular formula is C22H26FNO3S. The van der Waals surface area contributed by atoms with E-state index in [9.17, 15) is 17.6 Å². The summed E-state index contributed by atoms with van der Waals surface area (Å²) in [6, 6.07) is 12.3. The summed E-state index contributed by atoms with van der Waals surface area (Å²) in [4.78, 5) is 12.6. The van der Waals surface area contributed by atoms with Crippen LogP contribution in [0.5, 0.6) is 0 Å². The molecule has 1 aliphatic carbocycles. The quantitative estimate of drug-likeness (QED) is 0.693. The maximum atomic E-state index is 14.4. The summed E-state index contributed by atoms with van der Waals surface area (Å²) >= 11 is 0. The third-order valence-electron chi connectivity index (χ3n) is 5.41. The van der Waals surface area contributed by atoms with E-state index in [1.165, 1.54) is 6.07 Å². The Bertz CT molecular complexity index is 936. The summed E-state index contributed by atoms with van der Waals surface area (Å²) in [5.41, 5.74) is 2.10. The number of hydrogen-bond acceptors (Lipinski definition) is 3. The van der Waals surface area contributed by atoms with Gasteiger partial charge in [-0.25, -0.2) is 17.5 Å². The molecule has 6 heteroatoms. The molecule has 4 nitrogen and oxygen atoms in total. The molecule has 150 valence electrons. The van der Waals surface area contributed by atoms with Crippen molar-refractivity contribution in [3.8, 4) is 11.1 Å². The van der Waals surface area contributed by atoms with Crippen molar-refractivity contribution in [2.24, 2.45) is 5.92 Å². The molecule has 1 aliphatic rings. The molecule has 1 N–H and O–H groups in total. The Labute approximate surface area is 166 Å². The minimum absolute atomic E-state index is 0.0335. The van der Waals surface area contributed by atoms with Crippen molar-refractivity contribution in [2.75, 3.05) is 12.3 Å². The van der Waals surface area contributed by atoms with Gasteiger partial charge in [0.05, 0.1) is 17.9 Å². The molecule has 0 saturated heterocycles. The standard InChI is InChI=1S/C22H26FNO3S/c1-16-19(18-10-6-3-7-11-18)12-13-20(23)22(16)21(25)14-24-28(26,27)15-17-8-4-2-5-9-17/h3,6-7,10-13,17,24H,2,4-5,8-9,14-15H2,1H3. The van der Waals surface area contributed by atoms with Crippen LogP contribution in [-0.4, -0.2) is 26.5 Å². The summed E-state index contributed by atoms with van der Waals surface area (Å²) in [6.07, 6.45) is 5.06. The molecular weight excluding hydrogens is 377 g/mol. The highest BCUT2D eigenvalue weighted by Gasteiger charge is 2.24. The number of carbonyl (C=O) groups excluding carboxylic acids is 1. The van der Waals surface area contributed by atoms with E-state index in [-0.39, 0.29) is 17.2 Å². The number of benzene rings is 2. The van der Waals surface area contributed by atoms with E-state index in [4.69, 9.17) is 0 Å². The fourth-order valence-electron chi connectivity index (χ4n) is 3.94. The van der Waals surface area contributed by atoms with Gasteiger partial charge in [0.2, 0.25) is 10.0 Å². The van der Waals surface area contributed by atoms with Crippen LogP contribution < -0.4 is 4.72 Å². The van der Waals surface area contributed by atoms with Crippen LogP contribution in [-0.2, 0) is 10.0 Å². The van der Waals surface area contributed by atoms with Gasteiger partial charge in [-0.1, -0.05) is 55.7 Å². The van der Waals surface area contributed by atoms with E-state index in [1.807, 2.05) is 30.3 Å². The van der Waals surface area contributed by atoms with Gasteiger partial charge in [-0.2, -0.15) is 0 Å². The number of nitrogens with one attached hydrogen (secondary N) is 1. The smallest absolute Gasteiger partial charge is 0.212 e. The molecule has 0 spiro atoms. The summed E-state index contributed by atoms with van der Waals surface area (Å²) in [7, 11) is -3.57. The van der Waals surface area contributed by atoms with Crippen molar-refractivity contribution >= 4 is 15.8 Å². The molecule has 0 aliphatic heterocycles. The highest BCUT2D eigenvalue weighted by Crippen LogP contribution is 2.28. The van der Waals surface area contributed by atoms with E-state index in [0.717, 1.165) is 43.2 Å². The fourth-order valence-corrected chi connectivity index (χ4v) is 5.36. The minimum atomic E-state index is -3.57. The first-order valence-electron chi connectivity index (χ1n) is 9.72. The largest absolute Gasteiger partial charge is 0.293 e. The number of carbonyl (C=O) groups is 1. The molecule has 0 amide bonds. The number of sulfonamides is 1. The molecule has 0 atom stereocenters. The van der Waals surface area contributed by atoms with Gasteiger partial charge in [-0.05, 0) is 48.4 Å². The summed E-state index contributed by atoms with van der Waals surface area (Å²) in [5, 5.41) is 0. The van der Waals surface area contributed by atoms with Crippen LogP contribution in [0.25, 0.3) is 11.1 Å². The number of rotatable bonds is 7. The second-order valence-corrected chi connectivity index (χ2v) is 9.34. The number of halogens is 1. The Morgan fingerprint density at radius 1 is 1.07 bits per heavy atom. The average Bonchev–Trinajstić information content (AvgIpc) is 2.68. The Morgan fingerprint density at radius 3 is 2.43 bits per heavy atom. The van der Waals surface area contributed by atoms with Crippen molar-refractivity contribution in [3.05, 3.63) is 59.4 Å². The lowest BCUT2D eigenvalue weighted by Gasteiger charge is -2.21. The van der Waals surface area contributed by atoms with Crippen molar-refractivity contribution in [1.29, 1.82) is 0 Å². The first-order valence-corrected chi connectivity index (χ1v) is 11.4. The van der Waals surface area contributed by atoms with Gasteiger partial charge in [-0.15, -0.1) is 0 Å². The summed E-state index contributed by atoms with van der Waals surface area (Å²) < 4.78 is 41.4. The zero-order valence-electron chi connectivity index (χ0n) is 16.1. The van der Waals surface area contributed by atoms with Crippen LogP contribution in [0.3, 0.4) is 0 Å². The topological polar surface area (TPSA) is 63.2 Å². The first kappa shape index (κ1) is 20.7. The number of ketones is 1. The van der Waals surface area contributed by atoms with Gasteiger partial charge < -0.3 is 0 Å². The van der Waals surface area contributed by atoms with E-state index < -0.39 is 28.2 Å². The van der Waals surface area contributed by atoms with Crippen LogP contribution in [0, 0.1) is 18.7 Å². The van der Waals surface area contributed by atoms with E-state index in [0.29, 0.717) is 5.56 Å². The predicted octanol–water partition coefficient (Wildman–Crippen LogP) is 4.48. The van der Waals surface area contributed by atoms with Crippen LogP contribution in [0.15, 0.2) is 42.5 Å². The normalized spacial score (nSPS) is 15.5. The fraction of sp³-hybridized carbons (Fsp3) is 0.409. The Morgan fingerprint density at radius 2 is 1.75 bits per heavy atom. The third-order valence-corrected chi connectivity index (χ3v) is 6.90. The molecule has 1 saturated carbocycles. The summed E-state index contributed by atoms with van der Waals surface area (Å²) in [6.45, 7) is 1.26. The van der Waals surface area contributed by atoms with E-state index >= 15 is 0 Å². The third kappa shape index (κ3) is 5.06. The second-order valence-electron chi connectivity index (χ2n) is 7.49. The first-order chi connectivity index (χ1) is 13.4. The van der Waals surface area contributed by atoms with Crippen molar-refractivity contribution in [1.82, 2.24) is 4.72 Å². The maximum absolute atomic E-state index is 14.4. The Balaban J connectivity index is 1.73. The molecule has 2 aromatic carbocycles. The monoisotopic (exact) mass is 403 g/mol. The molecule has 0 aromatic heterocycles. The van der Waals surface area contributed by atoms with Crippen LogP contribution in [0.2, 0.25) is 0 Å². The molecule has 2 aromatic rings. The highest BCUT2D eigenvalue weighted by atomic mass is 32.2. The lowest BCUT2D eigenvalue weighted by atomic mass is 9.91. The Hall–Kier alpha value is -2.05. The predicted molar refractivity (Wildman–Crippen MR) is 109 cm³/mol. The zero-order chi connectivity index (χ0) is 20.1. The van der Waals surface area contributed by atoms with Crippen molar-refractivity contribution in [2.45, 2.75) is 39.0 Å². The SMILES string of the molecule is Cc1c(-c2ccccc2)ccc(F)c1C(=O)CNS(=O)(=O)CC1CCCCC1. The van der Waals surface area contributed by atoms with Crippen molar-refractivity contribution < 1.29 is 17.6 Å². The van der Waals surface area contributed by atoms with Crippen LogP contribution >= 0.6 is 0 Å². The molecule has 0 radical (unpaired) electrons. The summed E-state index contributed by atoms with van der Waals surface area (Å²) in [5.74, 6) is -1.01. The lowest BCUT2D eigenvalue weighted by Crippen LogP contribution is -2.34. The van der Waals surface area contributed by atoms with Gasteiger partial charge in [0.1, 0.15) is 5.82 Å². The van der Waals surface area contributed by atoms with Gasteiger partial charge >= 0.3 is 0 Å². The molecule has 1 fully saturated rings. The van der Waals surface area contributed by atoms with E-state index in [2.05, 4.69) is 4.72 Å². The second kappa shape index (κ2) is 8.97. The number of hydrogen-bond donors (Lipinski definition) is 1. The van der Waals surface area contributed by atoms with Crippen molar-refractivity contribution in [3.63, 3.8) is 0 Å². The molecule has 0 bridgehead atoms. The molecule has 0 heterocycles. The van der Waals surface area contributed by atoms with Crippen LogP contribution in [0.4, 0.5) is 4.39 Å². The molecule has 28 heavy (non-hydrogen) atoms. The van der Waals surface area contributed by atoms with Gasteiger partial charge in [0, 0.05) is 0 Å². The maximum Gasteiger partial charge on any atom is 0.212 e. The van der Waals surface area contributed by atoms with Gasteiger partial charge in [-0.3, -0.25) is 4.79 Å². The lowest BCUT2D eigenvalue weighted by molar-refractivity contribution is 0.0992. The zero-order valence-corrected chi connectivity index (χ0v) is 16.9. The number of Topliss-reactive ketones (excluding diaryl/α,β-unsaturated/α-hetero) is 1. The average molecular weight is 404 g/mol.